The van der Waals surface area contributed by atoms with Gasteiger partial charge in [0.2, 0.25) is 21.8 Å². The molecule has 0 bridgehead atoms. The number of anilines is 3. The number of sulfonamides is 1. The summed E-state index contributed by atoms with van der Waals surface area (Å²) < 4.78 is 53.6. The highest BCUT2D eigenvalue weighted by molar-refractivity contribution is 7.92. The van der Waals surface area contributed by atoms with Crippen molar-refractivity contribution in [1.29, 1.82) is 0 Å². The summed E-state index contributed by atoms with van der Waals surface area (Å²) in [6, 6.07) is 7.61. The van der Waals surface area contributed by atoms with E-state index < -0.39 is 39.4 Å². The second-order valence-corrected chi connectivity index (χ2v) is 9.26. The first kappa shape index (κ1) is 22.7. The van der Waals surface area contributed by atoms with Gasteiger partial charge in [-0.1, -0.05) is 13.0 Å². The van der Waals surface area contributed by atoms with Gasteiger partial charge in [0.1, 0.15) is 11.6 Å². The summed E-state index contributed by atoms with van der Waals surface area (Å²) in [5.74, 6) is -3.22. The molecule has 10 heteroatoms. The van der Waals surface area contributed by atoms with Crippen LogP contribution in [0.3, 0.4) is 0 Å². The number of carbonyl (C=O) groups is 2. The maximum Gasteiger partial charge on any atom is 0.232 e. The molecule has 0 radical (unpaired) electrons. The Bertz CT molecular complexity index is 1100. The second kappa shape index (κ2) is 9.01. The third-order valence-electron chi connectivity index (χ3n) is 4.98. The van der Waals surface area contributed by atoms with Crippen molar-refractivity contribution in [3.05, 3.63) is 53.6 Å². The molecule has 1 aliphatic heterocycles. The van der Waals surface area contributed by atoms with Gasteiger partial charge in [-0.3, -0.25) is 14.3 Å². The highest BCUT2D eigenvalue weighted by Crippen LogP contribution is 2.29. The molecule has 7 nitrogen and oxygen atoms in total. The zero-order valence-electron chi connectivity index (χ0n) is 17.1. The van der Waals surface area contributed by atoms with Gasteiger partial charge in [-0.2, -0.15) is 0 Å². The first-order chi connectivity index (χ1) is 14.6. The van der Waals surface area contributed by atoms with E-state index >= 15 is 0 Å². The maximum atomic E-state index is 13.5. The van der Waals surface area contributed by atoms with Gasteiger partial charge in [0.15, 0.2) is 0 Å². The topological polar surface area (TPSA) is 95.6 Å². The van der Waals surface area contributed by atoms with Crippen molar-refractivity contribution in [2.45, 2.75) is 26.7 Å². The molecule has 2 N–H and O–H groups in total. The van der Waals surface area contributed by atoms with Crippen molar-refractivity contribution in [3.8, 4) is 0 Å². The maximum absolute atomic E-state index is 13.5. The number of halogens is 2. The van der Waals surface area contributed by atoms with E-state index in [1.54, 1.807) is 32.0 Å². The Balaban J connectivity index is 1.73. The van der Waals surface area contributed by atoms with Gasteiger partial charge in [-0.05, 0) is 43.2 Å². The van der Waals surface area contributed by atoms with E-state index in [0.717, 1.165) is 12.1 Å². The lowest BCUT2D eigenvalue weighted by Gasteiger charge is -2.18. The molecule has 31 heavy (non-hydrogen) atoms. The molecule has 2 amide bonds. The molecular formula is C21H23F2N3O4S. The fourth-order valence-electron chi connectivity index (χ4n) is 3.43. The highest BCUT2D eigenvalue weighted by atomic mass is 32.2. The van der Waals surface area contributed by atoms with E-state index in [2.05, 4.69) is 10.0 Å². The summed E-state index contributed by atoms with van der Waals surface area (Å²) in [7, 11) is -3.50. The molecule has 0 saturated carbocycles. The predicted octanol–water partition coefficient (Wildman–Crippen LogP) is 3.42. The van der Waals surface area contributed by atoms with Crippen LogP contribution in [0.1, 0.15) is 25.3 Å². The van der Waals surface area contributed by atoms with E-state index in [4.69, 9.17) is 0 Å². The van der Waals surface area contributed by atoms with Crippen molar-refractivity contribution < 1.29 is 26.8 Å². The van der Waals surface area contributed by atoms with Crippen LogP contribution < -0.4 is 14.9 Å². The zero-order valence-corrected chi connectivity index (χ0v) is 17.9. The van der Waals surface area contributed by atoms with E-state index in [1.165, 1.54) is 4.90 Å². The van der Waals surface area contributed by atoms with Crippen molar-refractivity contribution in [1.82, 2.24) is 0 Å². The molecule has 2 aromatic carbocycles. The number of nitrogens with zero attached hydrogens (tertiary/aromatic N) is 1. The van der Waals surface area contributed by atoms with Crippen LogP contribution in [-0.2, 0) is 19.6 Å². The Morgan fingerprint density at radius 1 is 1.16 bits per heavy atom. The fourth-order valence-corrected chi connectivity index (χ4v) is 4.63. The molecule has 1 atom stereocenters. The lowest BCUT2D eigenvalue weighted by molar-refractivity contribution is -0.122. The number of hydrogen-bond donors (Lipinski definition) is 2. The fraction of sp³-hybridized carbons (Fsp3) is 0.333. The van der Waals surface area contributed by atoms with Gasteiger partial charge >= 0.3 is 0 Å². The lowest BCUT2D eigenvalue weighted by Crippen LogP contribution is -2.28. The number of hydrogen-bond acceptors (Lipinski definition) is 4. The van der Waals surface area contributed by atoms with Crippen LogP contribution in [-0.4, -0.2) is 32.5 Å². The Hall–Kier alpha value is -3.01. The summed E-state index contributed by atoms with van der Waals surface area (Å²) in [5, 5.41) is 2.72. The van der Waals surface area contributed by atoms with Gasteiger partial charge in [-0.15, -0.1) is 0 Å². The van der Waals surface area contributed by atoms with Gasteiger partial charge in [0.25, 0.3) is 0 Å². The normalized spacial score (nSPS) is 16.5. The van der Waals surface area contributed by atoms with E-state index in [1.807, 2.05) is 0 Å². The van der Waals surface area contributed by atoms with Gasteiger partial charge in [-0.25, -0.2) is 17.2 Å². The van der Waals surface area contributed by atoms with Crippen LogP contribution in [0.5, 0.6) is 0 Å². The first-order valence-electron chi connectivity index (χ1n) is 9.77. The summed E-state index contributed by atoms with van der Waals surface area (Å²) >= 11 is 0. The molecule has 0 spiro atoms. The first-order valence-corrected chi connectivity index (χ1v) is 11.4. The Kier molecular flexibility index (Phi) is 6.59. The summed E-state index contributed by atoms with van der Waals surface area (Å²) in [5.41, 5.74) is 1.35. The SMILES string of the molecule is CCCS(=O)(=O)Nc1cccc(NC(=O)C2CC(=O)N(c3cc(F)cc(F)c3)C2)c1C. The van der Waals surface area contributed by atoms with Gasteiger partial charge in [0, 0.05) is 30.4 Å². The van der Waals surface area contributed by atoms with Crippen LogP contribution >= 0.6 is 0 Å². The van der Waals surface area contributed by atoms with Crippen LogP contribution in [0.15, 0.2) is 36.4 Å². The quantitative estimate of drug-likeness (QED) is 0.674. The number of benzene rings is 2. The number of amides is 2. The average Bonchev–Trinajstić information content (AvgIpc) is 3.06. The molecule has 2 aromatic rings. The van der Waals surface area contributed by atoms with E-state index in [9.17, 15) is 26.8 Å². The number of carbonyl (C=O) groups excluding carboxylic acids is 2. The number of nitrogens with one attached hydrogen (secondary N) is 2. The Morgan fingerprint density at radius 2 is 1.81 bits per heavy atom. The van der Waals surface area contributed by atoms with Gasteiger partial charge in [0.05, 0.1) is 17.4 Å². The molecule has 1 saturated heterocycles. The molecule has 0 aromatic heterocycles. The minimum atomic E-state index is -3.50. The smallest absolute Gasteiger partial charge is 0.232 e. The zero-order chi connectivity index (χ0) is 22.8. The third kappa shape index (κ3) is 5.38. The molecule has 1 heterocycles. The van der Waals surface area contributed by atoms with Crippen LogP contribution in [0.2, 0.25) is 0 Å². The highest BCUT2D eigenvalue weighted by Gasteiger charge is 2.35. The molecule has 0 aliphatic carbocycles. The van der Waals surface area contributed by atoms with Crippen molar-refractivity contribution >= 4 is 38.9 Å². The van der Waals surface area contributed by atoms with Crippen LogP contribution in [0.4, 0.5) is 25.8 Å². The second-order valence-electron chi connectivity index (χ2n) is 7.42. The predicted molar refractivity (Wildman–Crippen MR) is 114 cm³/mol. The van der Waals surface area contributed by atoms with Gasteiger partial charge < -0.3 is 10.2 Å². The number of rotatable bonds is 7. The van der Waals surface area contributed by atoms with Crippen molar-refractivity contribution in [2.24, 2.45) is 5.92 Å². The summed E-state index contributed by atoms with van der Waals surface area (Å²) in [6.45, 7) is 3.41. The molecule has 1 fully saturated rings. The largest absolute Gasteiger partial charge is 0.325 e. The standard InChI is InChI=1S/C21H23F2N3O4S/c1-3-7-31(29,30)25-19-6-4-5-18(13(19)2)24-21(28)14-8-20(27)26(12-14)17-10-15(22)9-16(23)11-17/h4-6,9-11,14,25H,3,7-8,12H2,1-2H3,(H,24,28). The average molecular weight is 451 g/mol. The Labute approximate surface area is 179 Å². The molecule has 166 valence electrons. The summed E-state index contributed by atoms with van der Waals surface area (Å²) in [6.07, 6.45) is 0.359. The molecule has 3 rings (SSSR count). The van der Waals surface area contributed by atoms with E-state index in [0.29, 0.717) is 29.4 Å². The Morgan fingerprint density at radius 3 is 2.45 bits per heavy atom. The monoisotopic (exact) mass is 451 g/mol. The van der Waals surface area contributed by atoms with Crippen LogP contribution in [0, 0.1) is 24.5 Å². The minimum absolute atomic E-state index is 0.0184. The molecular weight excluding hydrogens is 428 g/mol. The van der Waals surface area contributed by atoms with Crippen molar-refractivity contribution in [3.63, 3.8) is 0 Å². The molecule has 1 unspecified atom stereocenters. The van der Waals surface area contributed by atoms with Crippen molar-refractivity contribution in [2.75, 3.05) is 27.2 Å². The van der Waals surface area contributed by atoms with Crippen LogP contribution in [0.25, 0.3) is 0 Å². The lowest BCUT2D eigenvalue weighted by atomic mass is 10.1. The minimum Gasteiger partial charge on any atom is -0.325 e. The molecule has 1 aliphatic rings. The third-order valence-corrected chi connectivity index (χ3v) is 6.46. The van der Waals surface area contributed by atoms with E-state index in [-0.39, 0.29) is 24.4 Å². The summed E-state index contributed by atoms with van der Waals surface area (Å²) in [4.78, 5) is 26.3.